The van der Waals surface area contributed by atoms with Crippen LogP contribution in [0.3, 0.4) is 0 Å². The largest absolute Gasteiger partial charge is 0.481 e. The molecule has 0 saturated carbocycles. The van der Waals surface area contributed by atoms with Crippen LogP contribution in [-0.2, 0) is 19.2 Å². The summed E-state index contributed by atoms with van der Waals surface area (Å²) < 4.78 is 0. The van der Waals surface area contributed by atoms with E-state index < -0.39 is 17.9 Å². The minimum Gasteiger partial charge on any atom is -0.481 e. The Bertz CT molecular complexity index is 563. The Kier molecular flexibility index (Phi) is 7.31. The van der Waals surface area contributed by atoms with Gasteiger partial charge < -0.3 is 19.8 Å². The van der Waals surface area contributed by atoms with Crippen molar-refractivity contribution in [3.8, 4) is 0 Å². The number of carboxylic acids is 1. The first-order valence-corrected chi connectivity index (χ1v) is 10.1. The van der Waals surface area contributed by atoms with Crippen molar-refractivity contribution < 1.29 is 24.3 Å². The highest BCUT2D eigenvalue weighted by Gasteiger charge is 2.36. The molecule has 0 aromatic heterocycles. The van der Waals surface area contributed by atoms with E-state index in [9.17, 15) is 19.2 Å². The zero-order chi connectivity index (χ0) is 19.3. The number of carbonyl (C=O) groups is 4. The van der Waals surface area contributed by atoms with Crippen LogP contribution >= 0.6 is 11.8 Å². The minimum absolute atomic E-state index is 0.0219. The van der Waals surface area contributed by atoms with E-state index in [0.29, 0.717) is 44.0 Å². The maximum absolute atomic E-state index is 12.7. The van der Waals surface area contributed by atoms with Crippen molar-refractivity contribution in [2.45, 2.75) is 38.6 Å². The molecule has 0 aromatic carbocycles. The fraction of sp³-hybridized carbons (Fsp3) is 0.765. The number of carboxylic acid groups (broad SMARTS) is 1. The molecule has 9 heteroatoms. The summed E-state index contributed by atoms with van der Waals surface area (Å²) >= 11 is 1.55. The van der Waals surface area contributed by atoms with Crippen molar-refractivity contribution >= 4 is 35.5 Å². The van der Waals surface area contributed by atoms with Crippen LogP contribution < -0.4 is 0 Å². The van der Waals surface area contributed by atoms with Gasteiger partial charge in [0.25, 0.3) is 0 Å². The average molecular weight is 385 g/mol. The van der Waals surface area contributed by atoms with E-state index in [1.165, 1.54) is 4.90 Å². The van der Waals surface area contributed by atoms with Gasteiger partial charge in [-0.2, -0.15) is 0 Å². The predicted molar refractivity (Wildman–Crippen MR) is 97.4 cm³/mol. The van der Waals surface area contributed by atoms with Gasteiger partial charge >= 0.3 is 5.97 Å². The van der Waals surface area contributed by atoms with Crippen molar-refractivity contribution in [1.82, 2.24) is 14.7 Å². The van der Waals surface area contributed by atoms with Gasteiger partial charge in [0, 0.05) is 32.3 Å². The van der Waals surface area contributed by atoms with E-state index in [2.05, 4.69) is 0 Å². The first-order valence-electron chi connectivity index (χ1n) is 8.97. The Morgan fingerprint density at radius 3 is 2.38 bits per heavy atom. The van der Waals surface area contributed by atoms with E-state index in [4.69, 9.17) is 5.11 Å². The summed E-state index contributed by atoms with van der Waals surface area (Å²) in [7, 11) is 1.58. The molecule has 2 aliphatic heterocycles. The van der Waals surface area contributed by atoms with E-state index in [-0.39, 0.29) is 24.3 Å². The second kappa shape index (κ2) is 9.25. The summed E-state index contributed by atoms with van der Waals surface area (Å²) in [6, 6.07) is -0.505. The molecule has 2 rings (SSSR count). The highest BCUT2D eigenvalue weighted by atomic mass is 32.2. The number of amides is 3. The average Bonchev–Trinajstić information content (AvgIpc) is 3.11. The molecule has 8 nitrogen and oxygen atoms in total. The van der Waals surface area contributed by atoms with Crippen LogP contribution in [0.4, 0.5) is 0 Å². The van der Waals surface area contributed by atoms with Crippen LogP contribution in [0.25, 0.3) is 0 Å². The van der Waals surface area contributed by atoms with Gasteiger partial charge in [-0.3, -0.25) is 19.2 Å². The second-order valence-electron chi connectivity index (χ2n) is 6.82. The third kappa shape index (κ3) is 4.90. The van der Waals surface area contributed by atoms with Crippen LogP contribution in [0.15, 0.2) is 0 Å². The third-order valence-corrected chi connectivity index (χ3v) is 5.91. The standard InChI is InChI=1S/C17H27N3O5S/c1-3-4-14(21)20-11-26-10-13(20)16(23)18(2)9-15(22)19-7-5-12(6-8-19)17(24)25/h12-13H,3-11H2,1-2H3,(H,24,25). The summed E-state index contributed by atoms with van der Waals surface area (Å²) in [4.78, 5) is 52.9. The number of thioether (sulfide) groups is 1. The number of piperidine rings is 1. The molecule has 146 valence electrons. The highest BCUT2D eigenvalue weighted by molar-refractivity contribution is 7.99. The molecular formula is C17H27N3O5S. The number of hydrogen-bond acceptors (Lipinski definition) is 5. The Morgan fingerprint density at radius 2 is 1.81 bits per heavy atom. The van der Waals surface area contributed by atoms with Gasteiger partial charge in [0.2, 0.25) is 17.7 Å². The molecular weight excluding hydrogens is 358 g/mol. The summed E-state index contributed by atoms with van der Waals surface area (Å²) in [5.74, 6) is -0.565. The molecule has 3 amide bonds. The maximum Gasteiger partial charge on any atom is 0.306 e. The van der Waals surface area contributed by atoms with Crippen LogP contribution in [-0.4, -0.2) is 87.9 Å². The number of aliphatic carboxylic acids is 1. The number of likely N-dealkylation sites (N-methyl/N-ethyl adjacent to an activating group) is 1. The van der Waals surface area contributed by atoms with Gasteiger partial charge in [-0.25, -0.2) is 0 Å². The van der Waals surface area contributed by atoms with Gasteiger partial charge in [0.1, 0.15) is 6.04 Å². The van der Waals surface area contributed by atoms with Crippen molar-refractivity contribution in [1.29, 1.82) is 0 Å². The zero-order valence-electron chi connectivity index (χ0n) is 15.3. The lowest BCUT2D eigenvalue weighted by atomic mass is 9.97. The molecule has 0 radical (unpaired) electrons. The third-order valence-electron chi connectivity index (χ3n) is 4.90. The molecule has 0 aromatic rings. The number of nitrogens with zero attached hydrogens (tertiary/aromatic N) is 3. The zero-order valence-corrected chi connectivity index (χ0v) is 16.2. The van der Waals surface area contributed by atoms with Gasteiger partial charge in [-0.15, -0.1) is 11.8 Å². The molecule has 0 bridgehead atoms. The maximum atomic E-state index is 12.7. The number of hydrogen-bond donors (Lipinski definition) is 1. The van der Waals surface area contributed by atoms with Crippen molar-refractivity contribution in [2.24, 2.45) is 5.92 Å². The monoisotopic (exact) mass is 385 g/mol. The summed E-state index contributed by atoms with van der Waals surface area (Å²) in [5.41, 5.74) is 0. The van der Waals surface area contributed by atoms with Crippen LogP contribution in [0, 0.1) is 5.92 Å². The van der Waals surface area contributed by atoms with Crippen LogP contribution in [0.5, 0.6) is 0 Å². The van der Waals surface area contributed by atoms with Gasteiger partial charge in [0.05, 0.1) is 18.3 Å². The lowest BCUT2D eigenvalue weighted by Crippen LogP contribution is -2.51. The Morgan fingerprint density at radius 1 is 1.15 bits per heavy atom. The second-order valence-corrected chi connectivity index (χ2v) is 7.82. The van der Waals surface area contributed by atoms with E-state index in [0.717, 1.165) is 6.42 Å². The van der Waals surface area contributed by atoms with Gasteiger partial charge in [-0.1, -0.05) is 6.92 Å². The minimum atomic E-state index is -0.819. The normalized spacial score (nSPS) is 20.9. The topological polar surface area (TPSA) is 98.2 Å². The summed E-state index contributed by atoms with van der Waals surface area (Å²) in [5, 5.41) is 9.02. The van der Waals surface area contributed by atoms with Gasteiger partial charge in [-0.05, 0) is 19.3 Å². The molecule has 2 saturated heterocycles. The van der Waals surface area contributed by atoms with Crippen LogP contribution in [0.1, 0.15) is 32.6 Å². The molecule has 2 aliphatic rings. The molecule has 2 fully saturated rings. The lowest BCUT2D eigenvalue weighted by Gasteiger charge is -2.32. The summed E-state index contributed by atoms with van der Waals surface area (Å²) in [6.45, 7) is 2.68. The molecule has 1 unspecified atom stereocenters. The van der Waals surface area contributed by atoms with Crippen molar-refractivity contribution in [3.63, 3.8) is 0 Å². The first-order chi connectivity index (χ1) is 12.3. The number of likely N-dealkylation sites (tertiary alicyclic amines) is 1. The van der Waals surface area contributed by atoms with E-state index in [1.54, 1.807) is 28.6 Å². The number of rotatable bonds is 6. The quantitative estimate of drug-likeness (QED) is 0.714. The Labute approximate surface area is 157 Å². The highest BCUT2D eigenvalue weighted by Crippen LogP contribution is 2.23. The fourth-order valence-electron chi connectivity index (χ4n) is 3.26. The Hall–Kier alpha value is -1.77. The molecule has 2 heterocycles. The molecule has 1 N–H and O–H groups in total. The van der Waals surface area contributed by atoms with Crippen molar-refractivity contribution in [3.05, 3.63) is 0 Å². The number of carbonyl (C=O) groups excluding carboxylic acids is 3. The SMILES string of the molecule is CCCC(=O)N1CSCC1C(=O)N(C)CC(=O)N1CCC(C(=O)O)CC1. The smallest absolute Gasteiger partial charge is 0.306 e. The first kappa shape index (κ1) is 20.5. The summed E-state index contributed by atoms with van der Waals surface area (Å²) in [6.07, 6.45) is 2.04. The van der Waals surface area contributed by atoms with E-state index >= 15 is 0 Å². The molecule has 26 heavy (non-hydrogen) atoms. The molecule has 0 aliphatic carbocycles. The molecule has 0 spiro atoms. The molecule has 1 atom stereocenters. The predicted octanol–water partition coefficient (Wildman–Crippen LogP) is 0.470. The van der Waals surface area contributed by atoms with Gasteiger partial charge in [0.15, 0.2) is 0 Å². The van der Waals surface area contributed by atoms with Crippen LogP contribution in [0.2, 0.25) is 0 Å². The Balaban J connectivity index is 1.87. The lowest BCUT2D eigenvalue weighted by molar-refractivity contribution is -0.148. The van der Waals surface area contributed by atoms with E-state index in [1.807, 2.05) is 6.92 Å². The van der Waals surface area contributed by atoms with Crippen molar-refractivity contribution in [2.75, 3.05) is 38.3 Å². The fourth-order valence-corrected chi connectivity index (χ4v) is 4.43.